The van der Waals surface area contributed by atoms with Crippen LogP contribution in [-0.4, -0.2) is 31.3 Å². The van der Waals surface area contributed by atoms with E-state index in [1.165, 1.54) is 11.1 Å². The summed E-state index contributed by atoms with van der Waals surface area (Å²) in [5.41, 5.74) is 4.25. The fourth-order valence-corrected chi connectivity index (χ4v) is 4.64. The summed E-state index contributed by atoms with van der Waals surface area (Å²) in [6.45, 7) is 0.788. The van der Waals surface area contributed by atoms with Crippen LogP contribution in [0, 0.1) is 0 Å². The van der Waals surface area contributed by atoms with Gasteiger partial charge >= 0.3 is 0 Å². The Balaban J connectivity index is 1.88. The van der Waals surface area contributed by atoms with Gasteiger partial charge in [-0.05, 0) is 29.7 Å². The van der Waals surface area contributed by atoms with Crippen molar-refractivity contribution in [3.8, 4) is 0 Å². The Morgan fingerprint density at radius 1 is 1.36 bits per heavy atom. The van der Waals surface area contributed by atoms with Gasteiger partial charge in [-0.15, -0.1) is 0 Å². The summed E-state index contributed by atoms with van der Waals surface area (Å²) in [6, 6.07) is 8.32. The van der Waals surface area contributed by atoms with Crippen LogP contribution < -0.4 is 4.90 Å². The first-order valence-electron chi connectivity index (χ1n) is 7.70. The molecule has 0 fully saturated rings. The number of ether oxygens (including phenoxy) is 1. The molecule has 1 aromatic carbocycles. The van der Waals surface area contributed by atoms with E-state index in [2.05, 4.69) is 30.4 Å². The molecule has 0 saturated heterocycles. The van der Waals surface area contributed by atoms with Crippen molar-refractivity contribution in [2.24, 2.45) is 4.99 Å². The molecule has 1 aliphatic carbocycles. The lowest BCUT2D eigenvalue weighted by Gasteiger charge is -2.42. The summed E-state index contributed by atoms with van der Waals surface area (Å²) < 4.78 is 5.63. The van der Waals surface area contributed by atoms with Gasteiger partial charge in [0, 0.05) is 18.7 Å². The molecule has 1 spiro atoms. The van der Waals surface area contributed by atoms with Gasteiger partial charge in [-0.2, -0.15) is 0 Å². The number of para-hydroxylation sites is 1. The molecular weight excluding hydrogens is 276 g/mol. The number of carbonyl (C=O) groups is 1. The average molecular weight is 292 g/mol. The Bertz CT molecular complexity index is 805. The summed E-state index contributed by atoms with van der Waals surface area (Å²) in [4.78, 5) is 19.3. The van der Waals surface area contributed by atoms with E-state index in [0.29, 0.717) is 6.42 Å². The number of hydrogen-bond acceptors (Lipinski definition) is 3. The second-order valence-electron chi connectivity index (χ2n) is 6.26. The van der Waals surface area contributed by atoms with Gasteiger partial charge in [0.15, 0.2) is 0 Å². The summed E-state index contributed by atoms with van der Waals surface area (Å²) >= 11 is 0. The van der Waals surface area contributed by atoms with Gasteiger partial charge in [0.2, 0.25) is 5.91 Å². The Kier molecular flexibility index (Phi) is 2.16. The van der Waals surface area contributed by atoms with Crippen LogP contribution in [0.4, 0.5) is 5.69 Å². The lowest BCUT2D eigenvalue weighted by molar-refractivity contribution is -0.118. The fourth-order valence-electron chi connectivity index (χ4n) is 4.64. The van der Waals surface area contributed by atoms with E-state index < -0.39 is 0 Å². The standard InChI is InChI=1S/C18H16N2O2/c1-22-14-10-11-6-7-15(21)20-13-5-3-2-4-12(13)18(17(11)20)8-9-19-16(14)18/h2-6,10,17H,7-9H2,1H3/t17-,18+/m0/s1. The van der Waals surface area contributed by atoms with Crippen molar-refractivity contribution in [3.05, 3.63) is 53.3 Å². The first-order valence-corrected chi connectivity index (χ1v) is 7.70. The molecular formula is C18H16N2O2. The van der Waals surface area contributed by atoms with Crippen molar-refractivity contribution in [2.45, 2.75) is 24.3 Å². The number of fused-ring (bicyclic) bond motifs is 2. The Morgan fingerprint density at radius 2 is 2.23 bits per heavy atom. The van der Waals surface area contributed by atoms with Gasteiger partial charge in [-0.25, -0.2) is 0 Å². The van der Waals surface area contributed by atoms with Crippen molar-refractivity contribution in [2.75, 3.05) is 18.6 Å². The lowest BCUT2D eigenvalue weighted by atomic mass is 9.65. The normalized spacial score (nSPS) is 31.0. The van der Waals surface area contributed by atoms with Crippen LogP contribution in [0.5, 0.6) is 0 Å². The van der Waals surface area contributed by atoms with E-state index in [4.69, 9.17) is 9.73 Å². The number of aliphatic imine (C=N–C) groups is 1. The number of benzene rings is 1. The highest BCUT2D eigenvalue weighted by Gasteiger charge is 2.61. The number of amides is 1. The summed E-state index contributed by atoms with van der Waals surface area (Å²) in [7, 11) is 1.70. The van der Waals surface area contributed by atoms with Crippen LogP contribution in [0.2, 0.25) is 0 Å². The number of rotatable bonds is 1. The third kappa shape index (κ3) is 1.17. The third-order valence-corrected chi connectivity index (χ3v) is 5.42. The van der Waals surface area contributed by atoms with E-state index in [1.54, 1.807) is 7.11 Å². The largest absolute Gasteiger partial charge is 0.495 e. The Hall–Kier alpha value is -2.36. The van der Waals surface area contributed by atoms with Gasteiger partial charge in [0.05, 0.1) is 24.3 Å². The molecule has 4 nitrogen and oxygen atoms in total. The molecule has 1 amide bonds. The van der Waals surface area contributed by atoms with Crippen LogP contribution in [-0.2, 0) is 14.9 Å². The first kappa shape index (κ1) is 12.2. The third-order valence-electron chi connectivity index (χ3n) is 5.42. The van der Waals surface area contributed by atoms with Crippen LogP contribution in [0.3, 0.4) is 0 Å². The Labute approximate surface area is 128 Å². The summed E-state index contributed by atoms with van der Waals surface area (Å²) in [5, 5.41) is 0. The molecule has 0 bridgehead atoms. The summed E-state index contributed by atoms with van der Waals surface area (Å²) in [5.74, 6) is 1.03. The highest BCUT2D eigenvalue weighted by Crippen LogP contribution is 2.57. The van der Waals surface area contributed by atoms with Crippen LogP contribution in [0.1, 0.15) is 18.4 Å². The number of carbonyl (C=O) groups excluding carboxylic acids is 1. The molecule has 0 N–H and O–H groups in total. The second-order valence-corrected chi connectivity index (χ2v) is 6.26. The minimum Gasteiger partial charge on any atom is -0.495 e. The number of nitrogens with zero attached hydrogens (tertiary/aromatic N) is 2. The monoisotopic (exact) mass is 292 g/mol. The highest BCUT2D eigenvalue weighted by atomic mass is 16.5. The molecule has 0 aromatic heterocycles. The zero-order valence-corrected chi connectivity index (χ0v) is 12.4. The SMILES string of the molecule is COC1=CC2=CCC(=O)N3c4ccccc4[C@@]4(CCN=C14)[C@H]23. The fraction of sp³-hybridized carbons (Fsp3) is 0.333. The molecule has 0 unspecified atom stereocenters. The highest BCUT2D eigenvalue weighted by molar-refractivity contribution is 6.16. The molecule has 0 radical (unpaired) electrons. The lowest BCUT2D eigenvalue weighted by Crippen LogP contribution is -2.55. The van der Waals surface area contributed by atoms with Gasteiger partial charge in [-0.1, -0.05) is 24.3 Å². The van der Waals surface area contributed by atoms with E-state index in [9.17, 15) is 4.79 Å². The van der Waals surface area contributed by atoms with Gasteiger partial charge in [0.1, 0.15) is 5.76 Å². The predicted octanol–water partition coefficient (Wildman–Crippen LogP) is 2.36. The van der Waals surface area contributed by atoms with E-state index in [-0.39, 0.29) is 17.4 Å². The molecule has 2 atom stereocenters. The molecule has 4 aliphatic rings. The van der Waals surface area contributed by atoms with Crippen molar-refractivity contribution >= 4 is 17.3 Å². The van der Waals surface area contributed by atoms with E-state index >= 15 is 0 Å². The average Bonchev–Trinajstić information content (AvgIpc) is 3.12. The number of allylic oxidation sites excluding steroid dienone is 1. The second kappa shape index (κ2) is 3.88. The van der Waals surface area contributed by atoms with Crippen LogP contribution in [0.15, 0.2) is 52.7 Å². The molecule has 1 aromatic rings. The van der Waals surface area contributed by atoms with Crippen molar-refractivity contribution in [3.63, 3.8) is 0 Å². The van der Waals surface area contributed by atoms with Crippen molar-refractivity contribution < 1.29 is 9.53 Å². The molecule has 22 heavy (non-hydrogen) atoms. The molecule has 0 saturated carbocycles. The maximum atomic E-state index is 12.6. The maximum absolute atomic E-state index is 12.6. The smallest absolute Gasteiger partial charge is 0.231 e. The zero-order chi connectivity index (χ0) is 14.9. The molecule has 4 heteroatoms. The minimum absolute atomic E-state index is 0.0475. The van der Waals surface area contributed by atoms with E-state index in [0.717, 1.165) is 30.1 Å². The van der Waals surface area contributed by atoms with Gasteiger partial charge in [-0.3, -0.25) is 9.79 Å². The predicted molar refractivity (Wildman–Crippen MR) is 84.1 cm³/mol. The topological polar surface area (TPSA) is 41.9 Å². The minimum atomic E-state index is -0.224. The first-order chi connectivity index (χ1) is 10.8. The van der Waals surface area contributed by atoms with Crippen LogP contribution >= 0.6 is 0 Å². The van der Waals surface area contributed by atoms with Crippen molar-refractivity contribution in [1.82, 2.24) is 0 Å². The molecule has 3 aliphatic heterocycles. The molecule has 110 valence electrons. The van der Waals surface area contributed by atoms with Crippen molar-refractivity contribution in [1.29, 1.82) is 0 Å². The van der Waals surface area contributed by atoms with E-state index in [1.807, 2.05) is 11.0 Å². The zero-order valence-electron chi connectivity index (χ0n) is 12.4. The number of methoxy groups -OCH3 is 1. The van der Waals surface area contributed by atoms with Crippen LogP contribution in [0.25, 0.3) is 0 Å². The molecule has 3 heterocycles. The maximum Gasteiger partial charge on any atom is 0.231 e. The number of anilines is 1. The summed E-state index contributed by atoms with van der Waals surface area (Å²) in [6.07, 6.45) is 5.52. The Morgan fingerprint density at radius 3 is 3.09 bits per heavy atom. The van der Waals surface area contributed by atoms with Gasteiger partial charge < -0.3 is 9.64 Å². The van der Waals surface area contributed by atoms with Gasteiger partial charge in [0.25, 0.3) is 0 Å². The number of hydrogen-bond donors (Lipinski definition) is 0. The molecule has 5 rings (SSSR count). The quantitative estimate of drug-likeness (QED) is 0.797.